The van der Waals surface area contributed by atoms with Gasteiger partial charge in [-0.3, -0.25) is 14.4 Å². The molecule has 1 N–H and O–H groups in total. The van der Waals surface area contributed by atoms with Gasteiger partial charge in [0.2, 0.25) is 6.79 Å². The third-order valence-electron chi connectivity index (χ3n) is 6.30. The van der Waals surface area contributed by atoms with E-state index in [4.69, 9.17) is 28.4 Å². The first-order valence-electron chi connectivity index (χ1n) is 13.4. The molecule has 0 saturated carbocycles. The average molecular weight is 599 g/mol. The number of benzene rings is 1. The van der Waals surface area contributed by atoms with Crippen molar-refractivity contribution in [3.05, 3.63) is 59.4 Å². The second kappa shape index (κ2) is 14.8. The lowest BCUT2D eigenvalue weighted by Crippen LogP contribution is -2.46. The predicted octanol–water partition coefficient (Wildman–Crippen LogP) is 2.62. The van der Waals surface area contributed by atoms with Crippen LogP contribution < -0.4 is 14.8 Å². The van der Waals surface area contributed by atoms with Crippen LogP contribution in [0.4, 0.5) is 0 Å². The molecule has 0 unspecified atom stereocenters. The van der Waals surface area contributed by atoms with Gasteiger partial charge in [-0.05, 0) is 25.0 Å². The van der Waals surface area contributed by atoms with E-state index < -0.39 is 67.4 Å². The average Bonchev–Trinajstić information content (AvgIpc) is 3.01. The fraction of sp³-hybridized carbons (Fsp3) is 0.400. The number of amides is 1. The van der Waals surface area contributed by atoms with Gasteiger partial charge in [0, 0.05) is 19.2 Å². The number of aromatic nitrogens is 1. The van der Waals surface area contributed by atoms with Crippen LogP contribution in [0.5, 0.6) is 11.5 Å². The number of nitrogens with one attached hydrogen (secondary N) is 1. The lowest BCUT2D eigenvalue weighted by atomic mass is 9.95. The van der Waals surface area contributed by atoms with Crippen LogP contribution >= 0.6 is 0 Å². The molecule has 230 valence electrons. The molecule has 13 heteroatoms. The number of carbonyl (C=O) groups excluding carboxylic acids is 5. The van der Waals surface area contributed by atoms with E-state index in [0.29, 0.717) is 11.1 Å². The summed E-state index contributed by atoms with van der Waals surface area (Å²) in [5, 5.41) is 2.44. The first kappa shape index (κ1) is 32.6. The molecule has 1 amide bonds. The summed E-state index contributed by atoms with van der Waals surface area (Å²) in [6, 6.07) is 8.84. The molecular formula is C30H34N2O11. The zero-order valence-electron chi connectivity index (χ0n) is 24.7. The lowest BCUT2D eigenvalue weighted by molar-refractivity contribution is -0.166. The highest BCUT2D eigenvalue weighted by Gasteiger charge is 2.40. The van der Waals surface area contributed by atoms with E-state index in [1.807, 2.05) is 0 Å². The van der Waals surface area contributed by atoms with Crippen LogP contribution in [0.2, 0.25) is 0 Å². The van der Waals surface area contributed by atoms with Crippen LogP contribution in [0.1, 0.15) is 50.7 Å². The summed E-state index contributed by atoms with van der Waals surface area (Å²) in [6.07, 6.45) is -1.18. The van der Waals surface area contributed by atoms with Gasteiger partial charge in [0.25, 0.3) is 5.91 Å². The van der Waals surface area contributed by atoms with Crippen molar-refractivity contribution < 1.29 is 52.4 Å². The smallest absolute Gasteiger partial charge is 0.338 e. The molecule has 1 aliphatic rings. The Labute approximate surface area is 248 Å². The van der Waals surface area contributed by atoms with Gasteiger partial charge in [-0.15, -0.1) is 0 Å². The van der Waals surface area contributed by atoms with Crippen molar-refractivity contribution >= 4 is 35.4 Å². The first-order chi connectivity index (χ1) is 20.4. The number of carbonyl (C=O) groups is 5. The van der Waals surface area contributed by atoms with Gasteiger partial charge >= 0.3 is 23.9 Å². The third kappa shape index (κ3) is 8.31. The second-order valence-corrected chi connectivity index (χ2v) is 9.77. The number of hydrogen-bond donors (Lipinski definition) is 1. The van der Waals surface area contributed by atoms with Gasteiger partial charge < -0.3 is 33.7 Å². The van der Waals surface area contributed by atoms with Crippen LogP contribution in [0, 0.1) is 5.92 Å². The molecule has 43 heavy (non-hydrogen) atoms. The summed E-state index contributed by atoms with van der Waals surface area (Å²) in [5.41, 5.74) is 0.798. The maximum atomic E-state index is 13.5. The summed E-state index contributed by atoms with van der Waals surface area (Å²) < 4.78 is 32.2. The molecule has 0 radical (unpaired) electrons. The van der Waals surface area contributed by atoms with Crippen molar-refractivity contribution in [2.24, 2.45) is 5.92 Å². The Hall–Kier alpha value is -4.94. The Morgan fingerprint density at radius 3 is 2.42 bits per heavy atom. The molecule has 13 nitrogen and oxygen atoms in total. The molecule has 1 saturated heterocycles. The number of hydrogen-bond acceptors (Lipinski definition) is 12. The fourth-order valence-corrected chi connectivity index (χ4v) is 4.00. The van der Waals surface area contributed by atoms with Crippen LogP contribution in [-0.2, 0) is 38.1 Å². The minimum absolute atomic E-state index is 0.0110. The van der Waals surface area contributed by atoms with Crippen LogP contribution in [-0.4, -0.2) is 73.5 Å². The Morgan fingerprint density at radius 2 is 1.79 bits per heavy atom. The molecule has 1 fully saturated rings. The van der Waals surface area contributed by atoms with Gasteiger partial charge in [0.1, 0.15) is 12.7 Å². The van der Waals surface area contributed by atoms with Gasteiger partial charge in [0.05, 0.1) is 18.6 Å². The Bertz CT molecular complexity index is 1390. The molecule has 0 aliphatic carbocycles. The standard InChI is InChI=1S/C30H34N2O11/c1-16(2)28(35)43-25-18(4)42-29(36)21(14-39-30(37)23(25)17(3)20-10-8-7-9-11-20)32-27(34)24-26(41-15-40-19(5)33)22(38-6)12-13-31-24/h7-13,16,18,21,25H,14-15H2,1-6H3,(H,32,34)/b23-17+/t18-,21-,25-/m0/s1. The monoisotopic (exact) mass is 598 g/mol. The van der Waals surface area contributed by atoms with Gasteiger partial charge in [0.15, 0.2) is 29.3 Å². The number of rotatable bonds is 9. The molecule has 0 bridgehead atoms. The highest BCUT2D eigenvalue weighted by molar-refractivity contribution is 6.00. The molecule has 2 aromatic rings. The molecule has 0 spiro atoms. The Morgan fingerprint density at radius 1 is 1.09 bits per heavy atom. The second-order valence-electron chi connectivity index (χ2n) is 9.77. The summed E-state index contributed by atoms with van der Waals surface area (Å²) in [6.45, 7) is 6.42. The topological polar surface area (TPSA) is 166 Å². The molecule has 1 aromatic carbocycles. The van der Waals surface area contributed by atoms with E-state index >= 15 is 0 Å². The fourth-order valence-electron chi connectivity index (χ4n) is 4.00. The third-order valence-corrected chi connectivity index (χ3v) is 6.30. The van der Waals surface area contributed by atoms with Gasteiger partial charge in [-0.2, -0.15) is 0 Å². The number of ether oxygens (including phenoxy) is 6. The van der Waals surface area contributed by atoms with E-state index in [-0.39, 0.29) is 22.8 Å². The Kier molecular flexibility index (Phi) is 11.2. The van der Waals surface area contributed by atoms with Crippen molar-refractivity contribution in [1.29, 1.82) is 0 Å². The van der Waals surface area contributed by atoms with E-state index in [0.717, 1.165) is 0 Å². The van der Waals surface area contributed by atoms with Crippen LogP contribution in [0.3, 0.4) is 0 Å². The summed E-state index contributed by atoms with van der Waals surface area (Å²) in [7, 11) is 1.33. The van der Waals surface area contributed by atoms with Crippen molar-refractivity contribution in [1.82, 2.24) is 10.3 Å². The van der Waals surface area contributed by atoms with Crippen LogP contribution in [0.25, 0.3) is 5.57 Å². The van der Waals surface area contributed by atoms with E-state index in [1.165, 1.54) is 33.2 Å². The highest BCUT2D eigenvalue weighted by Crippen LogP contribution is 2.30. The normalized spacial score (nSPS) is 19.9. The van der Waals surface area contributed by atoms with Crippen molar-refractivity contribution in [2.75, 3.05) is 20.5 Å². The number of allylic oxidation sites excluding steroid dienone is 1. The minimum atomic E-state index is -1.48. The SMILES string of the molecule is COc1ccnc(C(=O)N[C@H]2COC(=O)/C(=C(\C)c3ccccc3)[C@@H](OC(=O)C(C)C)[C@H](C)OC2=O)c1OCOC(C)=O. The maximum Gasteiger partial charge on any atom is 0.338 e. The molecule has 3 atom stereocenters. The number of esters is 4. The predicted molar refractivity (Wildman–Crippen MR) is 150 cm³/mol. The summed E-state index contributed by atoms with van der Waals surface area (Å²) in [5.74, 6) is -4.55. The summed E-state index contributed by atoms with van der Waals surface area (Å²) >= 11 is 0. The van der Waals surface area contributed by atoms with E-state index in [1.54, 1.807) is 51.1 Å². The van der Waals surface area contributed by atoms with Crippen molar-refractivity contribution in [2.45, 2.75) is 52.9 Å². The zero-order chi connectivity index (χ0) is 31.7. The molecule has 1 aliphatic heterocycles. The first-order valence-corrected chi connectivity index (χ1v) is 13.4. The molecular weight excluding hydrogens is 564 g/mol. The molecule has 3 rings (SSSR count). The number of methoxy groups -OCH3 is 1. The van der Waals surface area contributed by atoms with Crippen molar-refractivity contribution in [3.63, 3.8) is 0 Å². The zero-order valence-corrected chi connectivity index (χ0v) is 24.7. The number of nitrogens with zero attached hydrogens (tertiary/aromatic N) is 1. The van der Waals surface area contributed by atoms with Gasteiger partial charge in [-0.25, -0.2) is 14.6 Å². The largest absolute Gasteiger partial charge is 0.493 e. The van der Waals surface area contributed by atoms with Gasteiger partial charge in [-0.1, -0.05) is 44.2 Å². The van der Waals surface area contributed by atoms with Crippen molar-refractivity contribution in [3.8, 4) is 11.5 Å². The summed E-state index contributed by atoms with van der Waals surface area (Å²) in [4.78, 5) is 67.9. The van der Waals surface area contributed by atoms with Crippen LogP contribution in [0.15, 0.2) is 48.2 Å². The lowest BCUT2D eigenvalue weighted by Gasteiger charge is -2.27. The van der Waals surface area contributed by atoms with E-state index in [9.17, 15) is 24.0 Å². The number of cyclic esters (lactones) is 2. The quantitative estimate of drug-likeness (QED) is 0.194. The molecule has 2 heterocycles. The highest BCUT2D eigenvalue weighted by atomic mass is 16.7. The minimum Gasteiger partial charge on any atom is -0.493 e. The number of pyridine rings is 1. The Balaban J connectivity index is 1.95. The van der Waals surface area contributed by atoms with E-state index in [2.05, 4.69) is 10.3 Å². The maximum absolute atomic E-state index is 13.5. The molecule has 1 aromatic heterocycles.